The summed E-state index contributed by atoms with van der Waals surface area (Å²) in [5.41, 5.74) is 15.3. The van der Waals surface area contributed by atoms with Crippen LogP contribution < -0.4 is 4.90 Å². The summed E-state index contributed by atoms with van der Waals surface area (Å²) < 4.78 is 9.14. The van der Waals surface area contributed by atoms with E-state index < -0.39 is 0 Å². The van der Waals surface area contributed by atoms with Gasteiger partial charge in [0.1, 0.15) is 11.2 Å². The minimum Gasteiger partial charge on any atom is -0.455 e. The molecule has 11 aromatic rings. The molecule has 0 aliphatic carbocycles. The van der Waals surface area contributed by atoms with Gasteiger partial charge < -0.3 is 13.9 Å². The van der Waals surface area contributed by atoms with Crippen LogP contribution in [0.3, 0.4) is 0 Å². The molecule has 0 unspecified atom stereocenters. The lowest BCUT2D eigenvalue weighted by Crippen LogP contribution is -2.09. The molecule has 0 amide bonds. The number of furan rings is 1. The van der Waals surface area contributed by atoms with Gasteiger partial charge in [-0.15, -0.1) is 0 Å². The molecule has 3 heteroatoms. The van der Waals surface area contributed by atoms with E-state index in [0.717, 1.165) is 55.8 Å². The van der Waals surface area contributed by atoms with Gasteiger partial charge in [-0.05, 0) is 94.5 Å². The van der Waals surface area contributed by atoms with E-state index in [-0.39, 0.29) is 0 Å². The highest BCUT2D eigenvalue weighted by molar-refractivity contribution is 6.13. The van der Waals surface area contributed by atoms with Gasteiger partial charge in [0.25, 0.3) is 0 Å². The van der Waals surface area contributed by atoms with Crippen molar-refractivity contribution in [2.75, 3.05) is 4.90 Å². The molecule has 0 aliphatic heterocycles. The van der Waals surface area contributed by atoms with Crippen molar-refractivity contribution in [3.05, 3.63) is 218 Å². The first kappa shape index (κ1) is 32.8. The predicted molar refractivity (Wildman–Crippen MR) is 239 cm³/mol. The fraction of sp³-hybridized carbons (Fsp3) is 0. The summed E-state index contributed by atoms with van der Waals surface area (Å²) in [4.78, 5) is 2.33. The lowest BCUT2D eigenvalue weighted by molar-refractivity contribution is 0.670. The van der Waals surface area contributed by atoms with Gasteiger partial charge in [0.15, 0.2) is 0 Å². The number of fused-ring (bicyclic) bond motifs is 6. The minimum atomic E-state index is 0.879. The zero-order chi connectivity index (χ0) is 37.7. The number of hydrogen-bond donors (Lipinski definition) is 0. The summed E-state index contributed by atoms with van der Waals surface area (Å²) in [7, 11) is 0. The zero-order valence-electron chi connectivity index (χ0n) is 31.1. The van der Waals surface area contributed by atoms with Crippen LogP contribution in [0.5, 0.6) is 0 Å². The molecule has 0 spiro atoms. The van der Waals surface area contributed by atoms with Crippen LogP contribution in [0.15, 0.2) is 223 Å². The first-order valence-corrected chi connectivity index (χ1v) is 19.4. The highest BCUT2D eigenvalue weighted by atomic mass is 16.3. The van der Waals surface area contributed by atoms with E-state index in [0.29, 0.717) is 0 Å². The van der Waals surface area contributed by atoms with Crippen LogP contribution >= 0.6 is 0 Å². The second kappa shape index (κ2) is 13.6. The maximum absolute atomic E-state index is 6.71. The summed E-state index contributed by atoms with van der Waals surface area (Å²) in [5.74, 6) is 0. The number of benzene rings is 9. The Kier molecular flexibility index (Phi) is 7.82. The second-order valence-corrected chi connectivity index (χ2v) is 14.6. The van der Waals surface area contributed by atoms with Crippen molar-refractivity contribution in [1.29, 1.82) is 0 Å². The van der Waals surface area contributed by atoms with Gasteiger partial charge >= 0.3 is 0 Å². The SMILES string of the molecule is c1ccc(-c2cccc(N(c3ccccc3)c3ccc(-c4cc(-n5c6ccccc6c6ccc(-c7ccccc7)cc65)cc5c4oc4ccccc45)cc3)c2)cc1. The van der Waals surface area contributed by atoms with E-state index in [1.54, 1.807) is 0 Å². The third-order valence-electron chi connectivity index (χ3n) is 11.2. The van der Waals surface area contributed by atoms with Crippen LogP contribution in [-0.4, -0.2) is 4.57 Å². The molecule has 2 aromatic heterocycles. The van der Waals surface area contributed by atoms with Gasteiger partial charge in [-0.1, -0.05) is 152 Å². The van der Waals surface area contributed by atoms with Crippen LogP contribution in [0.2, 0.25) is 0 Å². The van der Waals surface area contributed by atoms with Gasteiger partial charge in [-0.25, -0.2) is 0 Å². The van der Waals surface area contributed by atoms with Crippen LogP contribution in [0.1, 0.15) is 0 Å². The Bertz CT molecular complexity index is 3220. The number of rotatable bonds is 7. The minimum absolute atomic E-state index is 0.879. The molecule has 0 saturated heterocycles. The molecule has 57 heavy (non-hydrogen) atoms. The predicted octanol–water partition coefficient (Wildman–Crippen LogP) is 15.2. The molecule has 0 bridgehead atoms. The van der Waals surface area contributed by atoms with Crippen molar-refractivity contribution in [2.24, 2.45) is 0 Å². The normalized spacial score (nSPS) is 11.5. The molecule has 9 aromatic carbocycles. The maximum Gasteiger partial charge on any atom is 0.143 e. The van der Waals surface area contributed by atoms with Gasteiger partial charge in [-0.3, -0.25) is 0 Å². The fourth-order valence-electron chi connectivity index (χ4n) is 8.48. The Morgan fingerprint density at radius 2 is 0.895 bits per heavy atom. The van der Waals surface area contributed by atoms with Crippen LogP contribution in [-0.2, 0) is 0 Å². The van der Waals surface area contributed by atoms with Crippen LogP contribution in [0, 0.1) is 0 Å². The molecule has 0 aliphatic rings. The van der Waals surface area contributed by atoms with Gasteiger partial charge in [0, 0.05) is 49.9 Å². The molecule has 0 radical (unpaired) electrons. The molecule has 0 N–H and O–H groups in total. The smallest absolute Gasteiger partial charge is 0.143 e. The Hall–Kier alpha value is -7.62. The molecular formula is C54H36N2O. The molecule has 2 heterocycles. The molecular weight excluding hydrogens is 693 g/mol. The summed E-state index contributed by atoms with van der Waals surface area (Å²) in [6.07, 6.45) is 0. The molecule has 3 nitrogen and oxygen atoms in total. The average Bonchev–Trinajstić information content (AvgIpc) is 3.83. The van der Waals surface area contributed by atoms with Crippen LogP contribution in [0.25, 0.3) is 82.8 Å². The highest BCUT2D eigenvalue weighted by Gasteiger charge is 2.20. The lowest BCUT2D eigenvalue weighted by atomic mass is 10.00. The zero-order valence-corrected chi connectivity index (χ0v) is 31.1. The summed E-state index contributed by atoms with van der Waals surface area (Å²) in [6, 6.07) is 78.0. The number of para-hydroxylation sites is 3. The highest BCUT2D eigenvalue weighted by Crippen LogP contribution is 2.43. The lowest BCUT2D eigenvalue weighted by Gasteiger charge is -2.26. The van der Waals surface area contributed by atoms with Crippen molar-refractivity contribution in [1.82, 2.24) is 4.57 Å². The standard InChI is InChI=1S/C54H36N2O/c1-4-15-37(16-5-1)40-19-14-22-44(33-40)55(42-20-8-3-9-21-42)43-30-27-39(28-31-43)49-35-45(36-50-48-24-11-13-26-53(48)57-54(49)50)56-51-25-12-10-23-46(51)47-32-29-41(34-52(47)56)38-17-6-2-7-18-38/h1-36H. The number of anilines is 3. The fourth-order valence-corrected chi connectivity index (χ4v) is 8.48. The van der Waals surface area contributed by atoms with Crippen molar-refractivity contribution in [3.63, 3.8) is 0 Å². The van der Waals surface area contributed by atoms with Gasteiger partial charge in [-0.2, -0.15) is 0 Å². The molecule has 11 rings (SSSR count). The van der Waals surface area contributed by atoms with E-state index in [4.69, 9.17) is 4.42 Å². The van der Waals surface area contributed by atoms with E-state index in [1.165, 1.54) is 44.1 Å². The van der Waals surface area contributed by atoms with Gasteiger partial charge in [0.05, 0.1) is 11.0 Å². The third kappa shape index (κ3) is 5.68. The summed E-state index contributed by atoms with van der Waals surface area (Å²) in [5, 5.41) is 4.65. The third-order valence-corrected chi connectivity index (χ3v) is 11.2. The Morgan fingerprint density at radius 1 is 0.333 bits per heavy atom. The monoisotopic (exact) mass is 728 g/mol. The molecule has 0 atom stereocenters. The van der Waals surface area contributed by atoms with E-state index in [1.807, 2.05) is 6.07 Å². The van der Waals surface area contributed by atoms with Crippen molar-refractivity contribution in [3.8, 4) is 39.1 Å². The first-order valence-electron chi connectivity index (χ1n) is 19.4. The average molecular weight is 729 g/mol. The number of hydrogen-bond acceptors (Lipinski definition) is 2. The number of aromatic nitrogens is 1. The molecule has 0 saturated carbocycles. The maximum atomic E-state index is 6.71. The van der Waals surface area contributed by atoms with Crippen LogP contribution in [0.4, 0.5) is 17.1 Å². The summed E-state index contributed by atoms with van der Waals surface area (Å²) in [6.45, 7) is 0. The molecule has 268 valence electrons. The Labute approximate surface area is 330 Å². The van der Waals surface area contributed by atoms with Crippen molar-refractivity contribution >= 4 is 60.8 Å². The number of nitrogens with zero attached hydrogens (tertiary/aromatic N) is 2. The quantitative estimate of drug-likeness (QED) is 0.163. The van der Waals surface area contributed by atoms with Crippen molar-refractivity contribution < 1.29 is 4.42 Å². The summed E-state index contributed by atoms with van der Waals surface area (Å²) >= 11 is 0. The second-order valence-electron chi connectivity index (χ2n) is 14.6. The Morgan fingerprint density at radius 3 is 1.65 bits per heavy atom. The van der Waals surface area contributed by atoms with E-state index in [9.17, 15) is 0 Å². The van der Waals surface area contributed by atoms with E-state index >= 15 is 0 Å². The van der Waals surface area contributed by atoms with Gasteiger partial charge in [0.2, 0.25) is 0 Å². The van der Waals surface area contributed by atoms with Crippen molar-refractivity contribution in [2.45, 2.75) is 0 Å². The first-order chi connectivity index (χ1) is 28.3. The largest absolute Gasteiger partial charge is 0.455 e. The Balaban J connectivity index is 1.10. The topological polar surface area (TPSA) is 21.3 Å². The van der Waals surface area contributed by atoms with E-state index in [2.05, 4.69) is 222 Å². The molecule has 0 fully saturated rings.